The topological polar surface area (TPSA) is 94.3 Å². The zero-order valence-electron chi connectivity index (χ0n) is 11.4. The van der Waals surface area contributed by atoms with Crippen molar-refractivity contribution in [1.82, 2.24) is 4.98 Å². The van der Waals surface area contributed by atoms with E-state index in [1.807, 2.05) is 0 Å². The Labute approximate surface area is 121 Å². The van der Waals surface area contributed by atoms with Gasteiger partial charge in [-0.05, 0) is 43.3 Å². The fourth-order valence-corrected chi connectivity index (χ4v) is 1.64. The number of aromatic nitrogens is 1. The van der Waals surface area contributed by atoms with Crippen molar-refractivity contribution < 1.29 is 14.3 Å². The number of rotatable bonds is 5. The van der Waals surface area contributed by atoms with Crippen LogP contribution < -0.4 is 15.8 Å². The summed E-state index contributed by atoms with van der Waals surface area (Å²) in [7, 11) is 0. The number of nitrogens with two attached hydrogens (primary N) is 1. The van der Waals surface area contributed by atoms with E-state index in [-0.39, 0.29) is 5.91 Å². The molecule has 6 heteroatoms. The quantitative estimate of drug-likeness (QED) is 0.872. The molecule has 2 amide bonds. The van der Waals surface area contributed by atoms with Gasteiger partial charge in [0.05, 0.1) is 6.20 Å². The van der Waals surface area contributed by atoms with Crippen LogP contribution in [-0.2, 0) is 4.79 Å². The summed E-state index contributed by atoms with van der Waals surface area (Å²) < 4.78 is 5.46. The van der Waals surface area contributed by atoms with Crippen molar-refractivity contribution in [3.63, 3.8) is 0 Å². The van der Waals surface area contributed by atoms with Crippen LogP contribution in [0.2, 0.25) is 0 Å². The predicted molar refractivity (Wildman–Crippen MR) is 77.9 cm³/mol. The lowest BCUT2D eigenvalue weighted by molar-refractivity contribution is -0.122. The Bertz CT molecular complexity index is 626. The molecule has 0 radical (unpaired) electrons. The van der Waals surface area contributed by atoms with Gasteiger partial charge in [-0.2, -0.15) is 0 Å². The highest BCUT2D eigenvalue weighted by molar-refractivity contribution is 5.96. The van der Waals surface area contributed by atoms with Crippen LogP contribution in [0.5, 0.6) is 5.75 Å². The summed E-state index contributed by atoms with van der Waals surface area (Å²) in [6, 6.07) is 9.75. The maximum atomic E-state index is 12.0. The van der Waals surface area contributed by atoms with Gasteiger partial charge in [-0.25, -0.2) is 0 Å². The van der Waals surface area contributed by atoms with Crippen LogP contribution in [-0.4, -0.2) is 22.9 Å². The number of hydrogen-bond acceptors (Lipinski definition) is 4. The normalized spacial score (nSPS) is 11.5. The number of benzene rings is 1. The monoisotopic (exact) mass is 285 g/mol. The van der Waals surface area contributed by atoms with Gasteiger partial charge in [-0.3, -0.25) is 14.6 Å². The molecule has 108 valence electrons. The minimum Gasteiger partial charge on any atom is -0.479 e. The van der Waals surface area contributed by atoms with Gasteiger partial charge in [-0.1, -0.05) is 0 Å². The summed E-state index contributed by atoms with van der Waals surface area (Å²) in [5.74, 6) is -0.295. The first kappa shape index (κ1) is 14.5. The van der Waals surface area contributed by atoms with E-state index < -0.39 is 12.0 Å². The molecule has 6 nitrogen and oxygen atoms in total. The molecule has 0 aliphatic carbocycles. The molecule has 21 heavy (non-hydrogen) atoms. The number of primary amides is 1. The predicted octanol–water partition coefficient (Wildman–Crippen LogP) is 1.59. The molecule has 1 heterocycles. The number of pyridine rings is 1. The average Bonchev–Trinajstić information content (AvgIpc) is 2.48. The van der Waals surface area contributed by atoms with Crippen LogP contribution in [0.4, 0.5) is 5.69 Å². The van der Waals surface area contributed by atoms with Crippen LogP contribution in [0.3, 0.4) is 0 Å². The summed E-state index contributed by atoms with van der Waals surface area (Å²) in [6.45, 7) is 1.64. The molecule has 1 aromatic heterocycles. The van der Waals surface area contributed by atoms with Gasteiger partial charge < -0.3 is 15.8 Å². The Morgan fingerprint density at radius 1 is 1.24 bits per heavy atom. The number of hydrogen-bond donors (Lipinski definition) is 2. The van der Waals surface area contributed by atoms with Gasteiger partial charge in [0.1, 0.15) is 5.75 Å². The van der Waals surface area contributed by atoms with Crippen molar-refractivity contribution in [1.29, 1.82) is 0 Å². The summed E-state index contributed by atoms with van der Waals surface area (Å²) in [5, 5.41) is 2.69. The van der Waals surface area contributed by atoms with Gasteiger partial charge in [0.25, 0.3) is 5.91 Å². The zero-order valence-corrected chi connectivity index (χ0v) is 11.4. The van der Waals surface area contributed by atoms with Crippen LogP contribution in [0.1, 0.15) is 17.3 Å². The van der Waals surface area contributed by atoms with E-state index in [1.54, 1.807) is 49.5 Å². The number of nitrogens with one attached hydrogen (secondary N) is 1. The summed E-state index contributed by atoms with van der Waals surface area (Å²) in [4.78, 5) is 26.8. The van der Waals surface area contributed by atoms with Crippen molar-refractivity contribution in [2.24, 2.45) is 5.73 Å². The maximum absolute atomic E-state index is 12.0. The van der Waals surface area contributed by atoms with E-state index in [0.717, 1.165) is 0 Å². The van der Waals surface area contributed by atoms with Crippen LogP contribution in [0.15, 0.2) is 48.8 Å². The van der Waals surface area contributed by atoms with Crippen molar-refractivity contribution >= 4 is 17.5 Å². The Morgan fingerprint density at radius 3 is 2.52 bits per heavy atom. The number of carbonyl (C=O) groups is 2. The number of carbonyl (C=O) groups excluding carboxylic acids is 2. The highest BCUT2D eigenvalue weighted by atomic mass is 16.5. The third kappa shape index (κ3) is 4.04. The molecular formula is C15H15N3O3. The number of ether oxygens (including phenoxy) is 1. The van der Waals surface area contributed by atoms with E-state index in [4.69, 9.17) is 10.5 Å². The smallest absolute Gasteiger partial charge is 0.265 e. The molecule has 3 N–H and O–H groups in total. The highest BCUT2D eigenvalue weighted by Gasteiger charge is 2.15. The van der Waals surface area contributed by atoms with Crippen LogP contribution >= 0.6 is 0 Å². The van der Waals surface area contributed by atoms with E-state index in [9.17, 15) is 9.59 Å². The van der Waals surface area contributed by atoms with Gasteiger partial charge in [-0.15, -0.1) is 0 Å². The Hall–Kier alpha value is -2.89. The van der Waals surface area contributed by atoms with E-state index in [2.05, 4.69) is 10.3 Å². The van der Waals surface area contributed by atoms with Crippen molar-refractivity contribution in [2.45, 2.75) is 13.0 Å². The molecule has 1 aromatic carbocycles. The van der Waals surface area contributed by atoms with Gasteiger partial charge in [0.15, 0.2) is 6.10 Å². The molecule has 0 saturated heterocycles. The van der Waals surface area contributed by atoms with Crippen LogP contribution in [0.25, 0.3) is 0 Å². The maximum Gasteiger partial charge on any atom is 0.265 e. The van der Waals surface area contributed by atoms with Crippen LogP contribution in [0, 0.1) is 0 Å². The largest absolute Gasteiger partial charge is 0.479 e. The van der Waals surface area contributed by atoms with E-state index >= 15 is 0 Å². The van der Waals surface area contributed by atoms with Crippen molar-refractivity contribution in [3.8, 4) is 5.75 Å². The van der Waals surface area contributed by atoms with E-state index in [0.29, 0.717) is 17.0 Å². The second kappa shape index (κ2) is 6.51. The number of nitrogens with zero attached hydrogens (tertiary/aromatic N) is 1. The molecule has 2 aromatic rings. The lowest BCUT2D eigenvalue weighted by atomic mass is 10.2. The summed E-state index contributed by atoms with van der Waals surface area (Å²) in [5.41, 5.74) is 6.09. The average molecular weight is 285 g/mol. The molecule has 0 aliphatic rings. The number of anilines is 1. The third-order valence-corrected chi connectivity index (χ3v) is 2.75. The zero-order chi connectivity index (χ0) is 15.2. The summed E-state index contributed by atoms with van der Waals surface area (Å²) >= 11 is 0. The molecule has 2 rings (SSSR count). The number of amides is 2. The van der Waals surface area contributed by atoms with Gasteiger partial charge in [0.2, 0.25) is 5.91 Å². The Balaban J connectivity index is 1.95. The highest BCUT2D eigenvalue weighted by Crippen LogP contribution is 2.12. The standard InChI is InChI=1S/C15H15N3O3/c1-10(21-13-3-2-8-17-9-13)15(20)18-12-6-4-11(5-7-12)14(16)19/h2-10H,1H3,(H2,16,19)(H,18,20). The first-order valence-corrected chi connectivity index (χ1v) is 6.33. The fraction of sp³-hybridized carbons (Fsp3) is 0.133. The first-order chi connectivity index (χ1) is 10.1. The molecule has 0 aliphatic heterocycles. The minimum atomic E-state index is -0.676. The molecule has 0 saturated carbocycles. The van der Waals surface area contributed by atoms with E-state index in [1.165, 1.54) is 6.20 Å². The van der Waals surface area contributed by atoms with Gasteiger partial charge in [0, 0.05) is 17.4 Å². The summed E-state index contributed by atoms with van der Waals surface area (Å²) in [6.07, 6.45) is 2.48. The Morgan fingerprint density at radius 2 is 1.95 bits per heavy atom. The second-order valence-electron chi connectivity index (χ2n) is 4.38. The third-order valence-electron chi connectivity index (χ3n) is 2.75. The molecule has 0 bridgehead atoms. The fourth-order valence-electron chi connectivity index (χ4n) is 1.64. The van der Waals surface area contributed by atoms with Crippen molar-refractivity contribution in [2.75, 3.05) is 5.32 Å². The lowest BCUT2D eigenvalue weighted by Gasteiger charge is -2.14. The molecule has 0 fully saturated rings. The second-order valence-corrected chi connectivity index (χ2v) is 4.38. The molecule has 1 unspecified atom stereocenters. The molecule has 1 atom stereocenters. The van der Waals surface area contributed by atoms with Crippen molar-refractivity contribution in [3.05, 3.63) is 54.4 Å². The molecule has 0 spiro atoms. The first-order valence-electron chi connectivity index (χ1n) is 6.33. The lowest BCUT2D eigenvalue weighted by Crippen LogP contribution is -2.30. The van der Waals surface area contributed by atoms with Gasteiger partial charge >= 0.3 is 0 Å². The SMILES string of the molecule is CC(Oc1cccnc1)C(=O)Nc1ccc(C(N)=O)cc1. The molecular weight excluding hydrogens is 270 g/mol. The Kier molecular flexibility index (Phi) is 4.50. The minimum absolute atomic E-state index is 0.300.